The molecule has 364 valence electrons. The highest BCUT2D eigenvalue weighted by Gasteiger charge is 1.95. The van der Waals surface area contributed by atoms with Gasteiger partial charge >= 0.3 is 0 Å². The predicted molar refractivity (Wildman–Crippen MR) is 299 cm³/mol. The van der Waals surface area contributed by atoms with Crippen LogP contribution in [0, 0.1) is 0 Å². The molecule has 0 aliphatic rings. The van der Waals surface area contributed by atoms with Gasteiger partial charge in [0.15, 0.2) is 5.65 Å². The van der Waals surface area contributed by atoms with E-state index in [-0.39, 0.29) is 5.56 Å². The Morgan fingerprint density at radius 3 is 1.64 bits per heavy atom. The van der Waals surface area contributed by atoms with Gasteiger partial charge in [-0.2, -0.15) is 5.10 Å². The molecule has 15 aromatic rings. The van der Waals surface area contributed by atoms with Gasteiger partial charge in [0.2, 0.25) is 5.56 Å². The van der Waals surface area contributed by atoms with E-state index in [4.69, 9.17) is 0 Å². The molecule has 14 aromatic heterocycles. The fraction of sp³-hybridized carbons (Fsp3) is 0. The van der Waals surface area contributed by atoms with Gasteiger partial charge < -0.3 is 4.98 Å². The number of aromatic amines is 2. The van der Waals surface area contributed by atoms with E-state index in [1.807, 2.05) is 95.4 Å². The van der Waals surface area contributed by atoms with E-state index in [1.165, 1.54) is 33.4 Å². The van der Waals surface area contributed by atoms with E-state index in [2.05, 4.69) is 91.3 Å². The van der Waals surface area contributed by atoms with Gasteiger partial charge in [-0.05, 0) is 66.7 Å². The lowest BCUT2D eigenvalue weighted by Crippen LogP contribution is -2.00. The van der Waals surface area contributed by atoms with Crippen molar-refractivity contribution in [2.45, 2.75) is 0 Å². The van der Waals surface area contributed by atoms with Crippen LogP contribution < -0.4 is 5.56 Å². The molecule has 0 unspecified atom stereocenters. The molecule has 73 heavy (non-hydrogen) atoms. The monoisotopic (exact) mass is 1090 g/mol. The highest BCUT2D eigenvalue weighted by atomic mass is 32.1. The number of fused-ring (bicyclic) bond motifs is 5. The van der Waals surface area contributed by atoms with Gasteiger partial charge in [0.1, 0.15) is 20.7 Å². The average molecular weight is 1090 g/mol. The Bertz CT molecular complexity index is 3080. The molecule has 0 saturated heterocycles. The van der Waals surface area contributed by atoms with Crippen LogP contribution in [0.3, 0.4) is 0 Å². The molecule has 0 amide bonds. The van der Waals surface area contributed by atoms with Crippen LogP contribution in [-0.4, -0.2) is 85.2 Å². The summed E-state index contributed by atoms with van der Waals surface area (Å²) in [5.41, 5.74) is 18.9. The van der Waals surface area contributed by atoms with E-state index in [0.717, 1.165) is 46.8 Å². The van der Waals surface area contributed by atoms with Crippen LogP contribution in [0.2, 0.25) is 0 Å². The van der Waals surface area contributed by atoms with Crippen molar-refractivity contribution in [2.75, 3.05) is 0 Å². The van der Waals surface area contributed by atoms with Crippen molar-refractivity contribution < 1.29 is 0 Å². The highest BCUT2D eigenvalue weighted by molar-refractivity contribution is 7.17. The standard InChI is InChI=1S/C7H5NS.C6H4N2OS.3C6H4N2S.C5H5N.C4H4N2.C3H4N2.C3H3NS.C2H2N2S/c1-2-4-7-6(3-1)8-5-9-7;9-5-2-1-4-6(8-5)10-3-7-4;1-2-7-3-6-5(1)8-4-9-6;1-2-5-6(7-3-1)8-4-9-5;1-2-5-6(7-3-1)9-4-8-5;1-2-4-6-5-3-1;1-2-6-4-3-5-1;1-2-4-5-3-1;1-2-5-3-4-1;1-3-4-2-5-1/h1-5H;1-3H,(H,8,9);3*1-4H;1-5H;1-4H;1-3H,(H,4,5);1-3H;1-2H. The molecule has 0 spiro atoms. The van der Waals surface area contributed by atoms with Crippen LogP contribution in [0.1, 0.15) is 0 Å². The molecule has 1 aromatic carbocycles. The van der Waals surface area contributed by atoms with Crippen molar-refractivity contribution >= 4 is 131 Å². The van der Waals surface area contributed by atoms with Crippen LogP contribution in [0.5, 0.6) is 0 Å². The fourth-order valence-electron chi connectivity index (χ4n) is 4.79. The zero-order valence-corrected chi connectivity index (χ0v) is 43.6. The van der Waals surface area contributed by atoms with Crippen LogP contribution >= 0.6 is 79.4 Å². The topological polar surface area (TPSA) is 242 Å². The maximum Gasteiger partial charge on any atom is 0.249 e. The van der Waals surface area contributed by atoms with Crippen molar-refractivity contribution in [3.8, 4) is 0 Å². The lowest BCUT2D eigenvalue weighted by molar-refractivity contribution is 1.09. The normalized spacial score (nSPS) is 9.42. The van der Waals surface area contributed by atoms with Crippen LogP contribution in [-0.2, 0) is 0 Å². The summed E-state index contributed by atoms with van der Waals surface area (Å²) in [5.74, 6) is 0. The van der Waals surface area contributed by atoms with E-state index >= 15 is 0 Å². The Balaban J connectivity index is 0.000000134. The first-order valence-corrected chi connectivity index (χ1v) is 27.1. The average Bonchev–Trinajstić information content (AvgIpc) is 4.32. The maximum absolute atomic E-state index is 10.7. The third-order valence-corrected chi connectivity index (χ3v) is 12.7. The number of para-hydroxylation sites is 1. The van der Waals surface area contributed by atoms with Gasteiger partial charge in [-0.15, -0.1) is 89.6 Å². The summed E-state index contributed by atoms with van der Waals surface area (Å²) in [5, 5.41) is 15.1. The zero-order chi connectivity index (χ0) is 50.5. The van der Waals surface area contributed by atoms with Crippen molar-refractivity contribution in [1.29, 1.82) is 0 Å². The zero-order valence-electron chi connectivity index (χ0n) is 37.8. The summed E-state index contributed by atoms with van der Waals surface area (Å²) in [6.45, 7) is 0. The van der Waals surface area contributed by atoms with Crippen LogP contribution in [0.4, 0.5) is 0 Å². The van der Waals surface area contributed by atoms with Gasteiger partial charge in [0.25, 0.3) is 0 Å². The first-order chi connectivity index (χ1) is 36.2. The number of benzene rings is 1. The summed E-state index contributed by atoms with van der Waals surface area (Å²) in [4.78, 5) is 62.6. The Morgan fingerprint density at radius 1 is 0.384 bits per heavy atom. The Kier molecular flexibility index (Phi) is 25.2. The smallest absolute Gasteiger partial charge is 0.249 e. The summed E-state index contributed by atoms with van der Waals surface area (Å²) in [6, 6.07) is 28.5. The van der Waals surface area contributed by atoms with Crippen molar-refractivity contribution in [1.82, 2.24) is 85.2 Å². The van der Waals surface area contributed by atoms with Crippen molar-refractivity contribution in [3.05, 3.63) is 231 Å². The summed E-state index contributed by atoms with van der Waals surface area (Å²) >= 11 is 11.0. The second-order valence-electron chi connectivity index (χ2n) is 12.7. The minimum absolute atomic E-state index is 0.0725. The molecule has 0 saturated carbocycles. The first-order valence-electron chi connectivity index (χ1n) is 20.8. The number of hydrogen-bond donors (Lipinski definition) is 2. The number of nitrogens with one attached hydrogen (secondary N) is 2. The van der Waals surface area contributed by atoms with Gasteiger partial charge in [-0.3, -0.25) is 34.8 Å². The van der Waals surface area contributed by atoms with E-state index < -0.39 is 0 Å². The van der Waals surface area contributed by atoms with E-state index in [9.17, 15) is 4.79 Å². The summed E-state index contributed by atoms with van der Waals surface area (Å²) < 4.78 is 3.56. The summed E-state index contributed by atoms with van der Waals surface area (Å²) in [7, 11) is 0. The number of hydrogen-bond acceptors (Lipinski definition) is 23. The minimum Gasteiger partial charge on any atom is -0.312 e. The molecule has 0 fully saturated rings. The third kappa shape index (κ3) is 21.7. The molecule has 18 nitrogen and oxygen atoms in total. The molecule has 2 N–H and O–H groups in total. The first kappa shape index (κ1) is 54.0. The highest BCUT2D eigenvalue weighted by Crippen LogP contribution is 2.16. The molecule has 0 aliphatic carbocycles. The largest absolute Gasteiger partial charge is 0.312 e. The van der Waals surface area contributed by atoms with Crippen LogP contribution in [0.25, 0.3) is 51.5 Å². The minimum atomic E-state index is -0.0725. The number of aromatic nitrogens is 17. The number of nitrogens with zero attached hydrogens (tertiary/aromatic N) is 15. The SMILES string of the molecule is O=c1ccc2ncsc2[nH]1.c1cc2ncsc2cn1.c1ccc2scnc2c1.c1ccncc1.c1cn[nH]c1.c1cnc2ncsc2c1.c1cnc2scnc2c1.c1cnccn1.c1cscn1.c1nncs1. The van der Waals surface area contributed by atoms with Gasteiger partial charge in [-0.1, -0.05) is 18.2 Å². The molecule has 0 aliphatic heterocycles. The van der Waals surface area contributed by atoms with Gasteiger partial charge in [0, 0.05) is 92.0 Å². The number of thiazole rings is 6. The number of H-pyrrole nitrogens is 2. The Morgan fingerprint density at radius 2 is 1.04 bits per heavy atom. The van der Waals surface area contributed by atoms with Gasteiger partial charge in [-0.25, -0.2) is 34.9 Å². The Hall–Kier alpha value is -8.30. The van der Waals surface area contributed by atoms with Crippen LogP contribution in [0.15, 0.2) is 226 Å². The molecule has 0 radical (unpaired) electrons. The molecule has 25 heteroatoms. The van der Waals surface area contributed by atoms with Gasteiger partial charge in [0.05, 0.1) is 69.2 Å². The number of rotatable bonds is 0. The predicted octanol–water partition coefficient (Wildman–Crippen LogP) is 12.0. The molecular weight excluding hydrogens is 1060 g/mol. The third-order valence-electron chi connectivity index (χ3n) is 7.89. The second kappa shape index (κ2) is 34.1. The van der Waals surface area contributed by atoms with Crippen molar-refractivity contribution in [3.63, 3.8) is 0 Å². The fourth-order valence-corrected chi connectivity index (χ4v) is 8.67. The quantitative estimate of drug-likeness (QED) is 0.143. The summed E-state index contributed by atoms with van der Waals surface area (Å²) in [6.07, 6.45) is 22.4. The Labute approximate surface area is 444 Å². The number of pyridine rings is 5. The molecule has 15 rings (SSSR count). The van der Waals surface area contributed by atoms with E-state index in [1.54, 1.807) is 170 Å². The molecule has 14 heterocycles. The lowest BCUT2D eigenvalue weighted by Gasteiger charge is -1.82. The van der Waals surface area contributed by atoms with Crippen molar-refractivity contribution in [2.24, 2.45) is 0 Å². The maximum atomic E-state index is 10.7. The molecule has 0 bridgehead atoms. The lowest BCUT2D eigenvalue weighted by atomic mass is 10.3. The van der Waals surface area contributed by atoms with E-state index in [0.29, 0.717) is 0 Å². The molecular formula is C48H39N17OS7. The molecule has 0 atom stereocenters. The second-order valence-corrected chi connectivity index (χ2v) is 18.5.